The van der Waals surface area contributed by atoms with E-state index in [1.165, 1.54) is 0 Å². The van der Waals surface area contributed by atoms with Crippen LogP contribution in [0.3, 0.4) is 0 Å². The van der Waals surface area contributed by atoms with Crippen LogP contribution in [0.1, 0.15) is 67.7 Å². The highest BCUT2D eigenvalue weighted by Crippen LogP contribution is 2.34. The molecule has 0 heterocycles. The fraction of sp³-hybridized carbons (Fsp3) is 0.778. The topological polar surface area (TPSA) is 57.2 Å². The molecule has 0 amide bonds. The molecule has 0 aromatic carbocycles. The predicted octanol–water partition coefficient (Wildman–Crippen LogP) is 4.43. The van der Waals surface area contributed by atoms with Crippen molar-refractivity contribution in [2.45, 2.75) is 84.7 Å². The average molecular weight is 328 g/mol. The second-order valence-electron chi connectivity index (χ2n) is 7.96. The minimum Gasteiger partial charge on any atom is -0.360 e. The quantitative estimate of drug-likeness (QED) is 0.426. The molecule has 2 unspecified atom stereocenters. The van der Waals surface area contributed by atoms with Crippen LogP contribution in [0, 0.1) is 5.92 Å². The van der Waals surface area contributed by atoms with Crippen LogP contribution in [0.2, 0.25) is 0 Å². The van der Waals surface area contributed by atoms with Gasteiger partial charge >= 0.3 is 0 Å². The molecule has 134 valence electrons. The molecule has 0 saturated heterocycles. The van der Waals surface area contributed by atoms with E-state index in [1.54, 1.807) is 12.2 Å². The number of unbranched alkanes of at least 4 members (excludes halogenated alkanes) is 1. The summed E-state index contributed by atoms with van der Waals surface area (Å²) in [4.78, 5) is 21.4. The molecule has 0 aliphatic heterocycles. The molecule has 5 heteroatoms. The van der Waals surface area contributed by atoms with E-state index in [0.717, 1.165) is 19.3 Å². The van der Waals surface area contributed by atoms with Gasteiger partial charge in [0.05, 0.1) is 5.60 Å². The third-order valence-electron chi connectivity index (χ3n) is 3.06. The molecule has 0 aromatic heterocycles. The monoisotopic (exact) mass is 328 g/mol. The zero-order valence-corrected chi connectivity index (χ0v) is 15.5. The molecular weight excluding hydrogens is 296 g/mol. The van der Waals surface area contributed by atoms with Crippen LogP contribution in [-0.4, -0.2) is 22.1 Å². The molecule has 2 atom stereocenters. The van der Waals surface area contributed by atoms with Crippen molar-refractivity contribution in [1.29, 1.82) is 0 Å². The van der Waals surface area contributed by atoms with E-state index in [0.29, 0.717) is 5.76 Å². The standard InChI is InChI=1S/C18H32O5/c1-8-9-10-14-13-15(20-21-16(2,3)4)11-12-18(14,19)23-22-17(5,6)7/h11-14,19H,8-10H2,1-7H3. The fourth-order valence-corrected chi connectivity index (χ4v) is 1.92. The molecule has 5 nitrogen and oxygen atoms in total. The number of rotatable bonds is 7. The van der Waals surface area contributed by atoms with Crippen molar-refractivity contribution in [3.63, 3.8) is 0 Å². The molecule has 1 rings (SSSR count). The van der Waals surface area contributed by atoms with Gasteiger partial charge in [0.15, 0.2) is 5.76 Å². The Morgan fingerprint density at radius 1 is 1.09 bits per heavy atom. The molecule has 0 fully saturated rings. The van der Waals surface area contributed by atoms with Gasteiger partial charge in [0, 0.05) is 5.92 Å². The molecule has 0 aromatic rings. The van der Waals surface area contributed by atoms with Crippen molar-refractivity contribution in [1.82, 2.24) is 0 Å². The lowest BCUT2D eigenvalue weighted by Crippen LogP contribution is -2.42. The van der Waals surface area contributed by atoms with Crippen LogP contribution in [-0.2, 0) is 19.6 Å². The Hall–Kier alpha value is -0.880. The maximum atomic E-state index is 10.8. The summed E-state index contributed by atoms with van der Waals surface area (Å²) in [5, 5.41) is 10.8. The van der Waals surface area contributed by atoms with Gasteiger partial charge in [-0.05, 0) is 66.2 Å². The van der Waals surface area contributed by atoms with E-state index in [2.05, 4.69) is 6.92 Å². The van der Waals surface area contributed by atoms with Crippen LogP contribution >= 0.6 is 0 Å². The van der Waals surface area contributed by atoms with Crippen molar-refractivity contribution >= 4 is 0 Å². The van der Waals surface area contributed by atoms with Crippen molar-refractivity contribution < 1.29 is 24.7 Å². The zero-order chi connectivity index (χ0) is 17.7. The normalized spacial score (nSPS) is 25.4. The number of allylic oxidation sites excluding steroid dienone is 1. The summed E-state index contributed by atoms with van der Waals surface area (Å²) in [6, 6.07) is 0. The van der Waals surface area contributed by atoms with E-state index >= 15 is 0 Å². The lowest BCUT2D eigenvalue weighted by atomic mass is 9.88. The number of hydrogen-bond acceptors (Lipinski definition) is 5. The van der Waals surface area contributed by atoms with Gasteiger partial charge in [0.25, 0.3) is 0 Å². The molecule has 23 heavy (non-hydrogen) atoms. The Morgan fingerprint density at radius 3 is 2.22 bits per heavy atom. The minimum atomic E-state index is -1.50. The van der Waals surface area contributed by atoms with Gasteiger partial charge in [-0.1, -0.05) is 19.8 Å². The van der Waals surface area contributed by atoms with Crippen LogP contribution in [0.5, 0.6) is 0 Å². The Balaban J connectivity index is 2.80. The second-order valence-corrected chi connectivity index (χ2v) is 7.96. The van der Waals surface area contributed by atoms with Crippen LogP contribution in [0.15, 0.2) is 24.0 Å². The molecule has 0 radical (unpaired) electrons. The lowest BCUT2D eigenvalue weighted by Gasteiger charge is -2.35. The molecule has 1 N–H and O–H groups in total. The zero-order valence-electron chi connectivity index (χ0n) is 15.5. The molecular formula is C18H32O5. The van der Waals surface area contributed by atoms with Crippen LogP contribution in [0.4, 0.5) is 0 Å². The first kappa shape index (κ1) is 20.2. The highest BCUT2D eigenvalue weighted by molar-refractivity contribution is 5.23. The van der Waals surface area contributed by atoms with Gasteiger partial charge in [-0.3, -0.25) is 0 Å². The van der Waals surface area contributed by atoms with Crippen molar-refractivity contribution in [3.8, 4) is 0 Å². The van der Waals surface area contributed by atoms with Gasteiger partial charge in [-0.15, -0.1) is 0 Å². The van der Waals surface area contributed by atoms with Crippen LogP contribution < -0.4 is 0 Å². The molecule has 1 aliphatic carbocycles. The molecule has 1 aliphatic rings. The van der Waals surface area contributed by atoms with Crippen molar-refractivity contribution in [2.24, 2.45) is 5.92 Å². The highest BCUT2D eigenvalue weighted by Gasteiger charge is 2.39. The van der Waals surface area contributed by atoms with Crippen LogP contribution in [0.25, 0.3) is 0 Å². The third-order valence-corrected chi connectivity index (χ3v) is 3.06. The number of hydrogen-bond donors (Lipinski definition) is 1. The fourth-order valence-electron chi connectivity index (χ4n) is 1.92. The minimum absolute atomic E-state index is 0.270. The second kappa shape index (κ2) is 7.79. The van der Waals surface area contributed by atoms with E-state index in [-0.39, 0.29) is 5.92 Å². The summed E-state index contributed by atoms with van der Waals surface area (Å²) < 4.78 is 0. The number of aliphatic hydroxyl groups is 1. The van der Waals surface area contributed by atoms with E-state index in [1.807, 2.05) is 47.6 Å². The highest BCUT2D eigenvalue weighted by atomic mass is 17.2. The van der Waals surface area contributed by atoms with Gasteiger partial charge in [-0.25, -0.2) is 4.89 Å². The lowest BCUT2D eigenvalue weighted by molar-refractivity contribution is -0.446. The summed E-state index contributed by atoms with van der Waals surface area (Å²) in [6.45, 7) is 13.4. The summed E-state index contributed by atoms with van der Waals surface area (Å²) in [7, 11) is 0. The van der Waals surface area contributed by atoms with E-state index in [9.17, 15) is 5.11 Å². The maximum Gasteiger partial charge on any atom is 0.225 e. The molecule has 0 saturated carbocycles. The Bertz CT molecular complexity index is 428. The average Bonchev–Trinajstić information content (AvgIpc) is 2.41. The maximum absolute atomic E-state index is 10.8. The van der Waals surface area contributed by atoms with Gasteiger partial charge in [0.1, 0.15) is 5.60 Å². The summed E-state index contributed by atoms with van der Waals surface area (Å²) >= 11 is 0. The molecule has 0 bridgehead atoms. The van der Waals surface area contributed by atoms with E-state index in [4.69, 9.17) is 19.6 Å². The Labute approximate surface area is 140 Å². The molecule has 0 spiro atoms. The summed E-state index contributed by atoms with van der Waals surface area (Å²) in [5.41, 5.74) is -0.915. The third kappa shape index (κ3) is 7.48. The predicted molar refractivity (Wildman–Crippen MR) is 89.0 cm³/mol. The first-order chi connectivity index (χ1) is 10.5. The Kier molecular flexibility index (Phi) is 6.83. The summed E-state index contributed by atoms with van der Waals surface area (Å²) in [5.74, 6) is -1.21. The smallest absolute Gasteiger partial charge is 0.225 e. The SMILES string of the molecule is CCCCC1C=C(OOC(C)(C)C)C=CC1(O)OOC(C)(C)C. The summed E-state index contributed by atoms with van der Waals surface area (Å²) in [6.07, 6.45) is 7.77. The van der Waals surface area contributed by atoms with Gasteiger partial charge < -0.3 is 9.99 Å². The van der Waals surface area contributed by atoms with Gasteiger partial charge in [-0.2, -0.15) is 9.78 Å². The Morgan fingerprint density at radius 2 is 1.70 bits per heavy atom. The van der Waals surface area contributed by atoms with E-state index < -0.39 is 17.0 Å². The first-order valence-electron chi connectivity index (χ1n) is 8.31. The first-order valence-corrected chi connectivity index (χ1v) is 8.31. The van der Waals surface area contributed by atoms with Crippen molar-refractivity contribution in [3.05, 3.63) is 24.0 Å². The largest absolute Gasteiger partial charge is 0.360 e. The van der Waals surface area contributed by atoms with Gasteiger partial charge in [0.2, 0.25) is 5.79 Å². The van der Waals surface area contributed by atoms with Crippen molar-refractivity contribution in [2.75, 3.05) is 0 Å².